The van der Waals surface area contributed by atoms with Gasteiger partial charge in [0.1, 0.15) is 0 Å². The van der Waals surface area contributed by atoms with Crippen LogP contribution in [0, 0.1) is 26.8 Å². The zero-order chi connectivity index (χ0) is 7.02. The van der Waals surface area contributed by atoms with Gasteiger partial charge in [0, 0.05) is 0 Å². The van der Waals surface area contributed by atoms with Crippen molar-refractivity contribution in [1.29, 1.82) is 0 Å². The molecule has 0 amide bonds. The van der Waals surface area contributed by atoms with E-state index in [4.69, 9.17) is 0 Å². The molecule has 1 aliphatic rings. The Balaban J connectivity index is -0.000000270. The Hall–Kier alpha value is 0.411. The molecule has 12 heavy (non-hydrogen) atoms. The number of rotatable bonds is 0. The molecule has 1 radical (unpaired) electrons. The summed E-state index contributed by atoms with van der Waals surface area (Å²) in [6.45, 7) is 6.62. The summed E-state index contributed by atoms with van der Waals surface area (Å²) in [5, 5.41) is 1.47. The van der Waals surface area contributed by atoms with Crippen LogP contribution < -0.4 is 0 Å². The van der Waals surface area contributed by atoms with Gasteiger partial charge in [0.05, 0.1) is 0 Å². The van der Waals surface area contributed by atoms with Crippen LogP contribution in [-0.4, -0.2) is 10.2 Å². The molecule has 0 spiro atoms. The summed E-state index contributed by atoms with van der Waals surface area (Å²) in [5.74, 6) is 0.595. The molecule has 1 rings (SSSR count). The second-order valence-electron chi connectivity index (χ2n) is 2.80. The van der Waals surface area contributed by atoms with Crippen LogP contribution in [-0.2, 0) is 21.7 Å². The minimum atomic E-state index is 0. The Bertz CT molecular complexity index is 192. The van der Waals surface area contributed by atoms with Gasteiger partial charge >= 0.3 is 21.7 Å². The summed E-state index contributed by atoms with van der Waals surface area (Å²) < 4.78 is 0. The number of allylic oxidation sites excluding steroid dienone is 4. The molecule has 1 unspecified atom stereocenters. The second kappa shape index (κ2) is 6.88. The normalized spacial score (nSPS) is 20.6. The first-order valence-electron chi connectivity index (χ1n) is 3.40. The Kier molecular flexibility index (Phi) is 10.5. The van der Waals surface area contributed by atoms with E-state index in [0.29, 0.717) is 5.92 Å². The molecular weight excluding hydrogens is 196 g/mol. The van der Waals surface area contributed by atoms with E-state index in [-0.39, 0.29) is 36.6 Å². The topological polar surface area (TPSA) is 0 Å². The molecule has 0 aromatic carbocycles. The predicted octanol–water partition coefficient (Wildman–Crippen LogP) is 1.92. The van der Waals surface area contributed by atoms with Crippen molar-refractivity contribution in [3.05, 3.63) is 37.3 Å². The number of hydrogen-bond donors (Lipinski definition) is 0. The first-order chi connectivity index (χ1) is 4.13. The van der Waals surface area contributed by atoms with Gasteiger partial charge in [-0.25, -0.2) is 10.8 Å². The van der Waals surface area contributed by atoms with Gasteiger partial charge in [-0.3, -0.25) is 6.08 Å². The van der Waals surface area contributed by atoms with Crippen LogP contribution in [0.5, 0.6) is 0 Å². The van der Waals surface area contributed by atoms with Crippen molar-refractivity contribution in [2.24, 2.45) is 5.92 Å². The molecule has 0 N–H and O–H groups in total. The monoisotopic (exact) mass is 215 g/mol. The molecule has 0 aliphatic heterocycles. The average molecular weight is 215 g/mol. The van der Waals surface area contributed by atoms with Crippen LogP contribution in [0.1, 0.15) is 20.8 Å². The van der Waals surface area contributed by atoms with E-state index in [2.05, 4.69) is 26.8 Å². The van der Waals surface area contributed by atoms with E-state index in [9.17, 15) is 0 Å². The summed E-state index contributed by atoms with van der Waals surface area (Å²) in [4.78, 5) is 0. The smallest absolute Gasteiger partial charge is 0.358 e. The van der Waals surface area contributed by atoms with Crippen molar-refractivity contribution in [2.45, 2.75) is 20.8 Å². The minimum Gasteiger partial charge on any atom is -0.358 e. The summed E-state index contributed by atoms with van der Waals surface area (Å²) in [5.41, 5.74) is 3.01. The minimum absolute atomic E-state index is 0. The fourth-order valence-corrected chi connectivity index (χ4v) is 1.99. The fourth-order valence-electron chi connectivity index (χ4n) is 1.16. The molecule has 1 aliphatic carbocycles. The third-order valence-corrected chi connectivity index (χ3v) is 3.28. The van der Waals surface area contributed by atoms with E-state index in [1.54, 1.807) is 0 Å². The summed E-state index contributed by atoms with van der Waals surface area (Å²) in [6.07, 6.45) is 3.42. The summed E-state index contributed by atoms with van der Waals surface area (Å²) >= 11 is 0. The Morgan fingerprint density at radius 2 is 1.67 bits per heavy atom. The quantitative estimate of drug-likeness (QED) is 0.428. The van der Waals surface area contributed by atoms with E-state index < -0.39 is 0 Å². The molecular formula is C10H19SiTi. The maximum atomic E-state index is 3.42. The Morgan fingerprint density at radius 1 is 1.25 bits per heavy atom. The van der Waals surface area contributed by atoms with Crippen molar-refractivity contribution < 1.29 is 21.7 Å². The SMILES string of the molecule is CC1=C(C)C(C)[C-]=C1[SiH3].[CH3-].[CH3-].[Ti+3]. The van der Waals surface area contributed by atoms with Gasteiger partial charge in [0.15, 0.2) is 0 Å². The first kappa shape index (κ1) is 18.2. The molecule has 0 nitrogen and oxygen atoms in total. The molecule has 67 valence electrons. The molecule has 0 bridgehead atoms. The van der Waals surface area contributed by atoms with Crippen molar-refractivity contribution in [2.75, 3.05) is 0 Å². The Morgan fingerprint density at radius 3 is 1.75 bits per heavy atom. The van der Waals surface area contributed by atoms with E-state index in [1.165, 1.54) is 16.3 Å². The second-order valence-corrected chi connectivity index (χ2v) is 3.80. The zero-order valence-corrected chi connectivity index (χ0v) is 12.6. The van der Waals surface area contributed by atoms with Crippen LogP contribution in [0.3, 0.4) is 0 Å². The van der Waals surface area contributed by atoms with Gasteiger partial charge in [-0.15, -0.1) is 6.92 Å². The standard InChI is InChI=1S/C8H13Si.2CH3.Ti/c1-5-4-8(9)7(3)6(5)2;;;/h5H,1-3,9H3;2*1H3;/q3*-1;+3. The van der Waals surface area contributed by atoms with Crippen LogP contribution in [0.2, 0.25) is 0 Å². The van der Waals surface area contributed by atoms with Gasteiger partial charge in [-0.2, -0.15) is 5.57 Å². The average Bonchev–Trinajstić information content (AvgIpc) is 1.98. The molecule has 0 heterocycles. The molecule has 0 aromatic rings. The third-order valence-electron chi connectivity index (χ3n) is 2.24. The van der Waals surface area contributed by atoms with Gasteiger partial charge in [-0.05, 0) is 10.2 Å². The maximum Gasteiger partial charge on any atom is 3.00 e. The van der Waals surface area contributed by atoms with Gasteiger partial charge in [0.2, 0.25) is 0 Å². The van der Waals surface area contributed by atoms with Crippen LogP contribution in [0.4, 0.5) is 0 Å². The molecule has 2 heteroatoms. The molecule has 0 fully saturated rings. The van der Waals surface area contributed by atoms with E-state index in [1.807, 2.05) is 0 Å². The van der Waals surface area contributed by atoms with E-state index >= 15 is 0 Å². The zero-order valence-electron chi connectivity index (χ0n) is 9.08. The van der Waals surface area contributed by atoms with Crippen LogP contribution >= 0.6 is 0 Å². The Labute approximate surface area is 95.8 Å². The van der Waals surface area contributed by atoms with Crippen LogP contribution in [0.15, 0.2) is 16.3 Å². The third kappa shape index (κ3) is 3.42. The summed E-state index contributed by atoms with van der Waals surface area (Å²) in [6, 6.07) is 0. The molecule has 1 atom stereocenters. The predicted molar refractivity (Wildman–Crippen MR) is 57.1 cm³/mol. The van der Waals surface area contributed by atoms with Crippen molar-refractivity contribution in [3.8, 4) is 0 Å². The molecule has 0 saturated carbocycles. The first-order valence-corrected chi connectivity index (χ1v) is 4.40. The van der Waals surface area contributed by atoms with Gasteiger partial charge in [0.25, 0.3) is 0 Å². The van der Waals surface area contributed by atoms with Crippen molar-refractivity contribution in [1.82, 2.24) is 0 Å². The van der Waals surface area contributed by atoms with Crippen molar-refractivity contribution >= 4 is 10.2 Å². The fraction of sp³-hybridized carbons (Fsp3) is 0.400. The van der Waals surface area contributed by atoms with Crippen LogP contribution in [0.25, 0.3) is 0 Å². The largest absolute Gasteiger partial charge is 3.00 e. The van der Waals surface area contributed by atoms with Gasteiger partial charge in [-0.1, -0.05) is 19.8 Å². The maximum absolute atomic E-state index is 3.42. The molecule has 0 saturated heterocycles. The van der Waals surface area contributed by atoms with E-state index in [0.717, 1.165) is 10.2 Å². The van der Waals surface area contributed by atoms with Crippen molar-refractivity contribution in [3.63, 3.8) is 0 Å². The number of hydrogen-bond acceptors (Lipinski definition) is 0. The molecule has 0 aromatic heterocycles. The van der Waals surface area contributed by atoms with Gasteiger partial charge < -0.3 is 14.9 Å². The summed E-state index contributed by atoms with van der Waals surface area (Å²) in [7, 11) is 1.16.